The topological polar surface area (TPSA) is 29.1 Å². The second-order valence-corrected chi connectivity index (χ2v) is 7.11. The number of carbonyl (C=O) groups is 1. The molecule has 0 aromatic heterocycles. The first-order valence-corrected chi connectivity index (χ1v) is 7.80. The van der Waals surface area contributed by atoms with E-state index in [-0.39, 0.29) is 11.3 Å². The van der Waals surface area contributed by atoms with Crippen molar-refractivity contribution >= 4 is 5.91 Å². The van der Waals surface area contributed by atoms with E-state index in [1.807, 2.05) is 12.1 Å². The average Bonchev–Trinajstić information content (AvgIpc) is 2.38. The zero-order valence-electron chi connectivity index (χ0n) is 13.3. The molecule has 1 fully saturated rings. The second-order valence-electron chi connectivity index (χ2n) is 7.11. The highest BCUT2D eigenvalue weighted by Gasteiger charge is 2.23. The van der Waals surface area contributed by atoms with Crippen molar-refractivity contribution in [1.82, 2.24) is 5.32 Å². The van der Waals surface area contributed by atoms with Crippen molar-refractivity contribution in [2.45, 2.75) is 71.3 Å². The summed E-state index contributed by atoms with van der Waals surface area (Å²) in [6.07, 6.45) is 6.05. The molecular formula is C18H27NO. The maximum Gasteiger partial charge on any atom is 0.251 e. The minimum absolute atomic E-state index is 0.00867. The molecule has 2 rings (SSSR count). The Kier molecular flexibility index (Phi) is 4.52. The first kappa shape index (κ1) is 15.1. The van der Waals surface area contributed by atoms with Crippen LogP contribution in [0.1, 0.15) is 74.4 Å². The fraction of sp³-hybridized carbons (Fsp3) is 0.611. The fourth-order valence-electron chi connectivity index (χ4n) is 2.99. The van der Waals surface area contributed by atoms with E-state index in [1.54, 1.807) is 0 Å². The average molecular weight is 273 g/mol. The molecule has 0 bridgehead atoms. The molecule has 0 radical (unpaired) electrons. The Labute approximate surface area is 123 Å². The van der Waals surface area contributed by atoms with Crippen LogP contribution in [0.2, 0.25) is 0 Å². The summed E-state index contributed by atoms with van der Waals surface area (Å²) in [5, 5.41) is 3.23. The summed E-state index contributed by atoms with van der Waals surface area (Å²) in [6, 6.07) is 6.53. The van der Waals surface area contributed by atoms with Crippen LogP contribution < -0.4 is 5.32 Å². The summed E-state index contributed by atoms with van der Waals surface area (Å²) in [5.74, 6) is 0.0989. The molecule has 1 aliphatic carbocycles. The van der Waals surface area contributed by atoms with Crippen LogP contribution in [0.5, 0.6) is 0 Å². The molecule has 0 atom stereocenters. The third-order valence-corrected chi connectivity index (χ3v) is 4.17. The number of benzene rings is 1. The van der Waals surface area contributed by atoms with E-state index >= 15 is 0 Å². The molecule has 0 aliphatic heterocycles. The van der Waals surface area contributed by atoms with Crippen molar-refractivity contribution in [2.24, 2.45) is 0 Å². The van der Waals surface area contributed by atoms with Gasteiger partial charge >= 0.3 is 0 Å². The first-order valence-electron chi connectivity index (χ1n) is 7.80. The van der Waals surface area contributed by atoms with Crippen molar-refractivity contribution in [3.8, 4) is 0 Å². The van der Waals surface area contributed by atoms with Gasteiger partial charge in [-0.2, -0.15) is 0 Å². The SMILES string of the molecule is Cc1ccc(C(=O)NC2CCCCC2)c(C(C)(C)C)c1. The summed E-state index contributed by atoms with van der Waals surface area (Å²) >= 11 is 0. The molecule has 0 saturated heterocycles. The molecule has 1 saturated carbocycles. The molecule has 20 heavy (non-hydrogen) atoms. The van der Waals surface area contributed by atoms with Crippen molar-refractivity contribution in [3.05, 3.63) is 34.9 Å². The fourth-order valence-corrected chi connectivity index (χ4v) is 2.99. The molecular weight excluding hydrogens is 246 g/mol. The molecule has 0 spiro atoms. The molecule has 1 N–H and O–H groups in total. The van der Waals surface area contributed by atoms with Gasteiger partial charge < -0.3 is 5.32 Å². The normalized spacial score (nSPS) is 17.0. The highest BCUT2D eigenvalue weighted by atomic mass is 16.1. The van der Waals surface area contributed by atoms with Crippen LogP contribution in [0, 0.1) is 6.92 Å². The molecule has 2 heteroatoms. The van der Waals surface area contributed by atoms with Crippen LogP contribution in [0.3, 0.4) is 0 Å². The first-order chi connectivity index (χ1) is 9.38. The monoisotopic (exact) mass is 273 g/mol. The van der Waals surface area contributed by atoms with Gasteiger partial charge in [-0.15, -0.1) is 0 Å². The van der Waals surface area contributed by atoms with Crippen LogP contribution >= 0.6 is 0 Å². The number of nitrogens with one attached hydrogen (secondary N) is 1. The molecule has 0 heterocycles. The van der Waals surface area contributed by atoms with Gasteiger partial charge in [-0.05, 0) is 36.8 Å². The second kappa shape index (κ2) is 5.99. The third kappa shape index (κ3) is 3.62. The lowest BCUT2D eigenvalue weighted by Crippen LogP contribution is -2.37. The minimum atomic E-state index is -0.00867. The summed E-state index contributed by atoms with van der Waals surface area (Å²) in [5.41, 5.74) is 3.19. The van der Waals surface area contributed by atoms with Crippen LogP contribution in [0.15, 0.2) is 18.2 Å². The summed E-state index contributed by atoms with van der Waals surface area (Å²) in [7, 11) is 0. The Hall–Kier alpha value is -1.31. The number of carbonyl (C=O) groups excluding carboxylic acids is 1. The number of rotatable bonds is 2. The highest BCUT2D eigenvalue weighted by Crippen LogP contribution is 2.27. The van der Waals surface area contributed by atoms with E-state index in [9.17, 15) is 4.79 Å². The summed E-state index contributed by atoms with van der Waals surface area (Å²) in [4.78, 5) is 12.6. The van der Waals surface area contributed by atoms with Crippen molar-refractivity contribution in [1.29, 1.82) is 0 Å². The van der Waals surface area contributed by atoms with E-state index in [2.05, 4.69) is 39.1 Å². The summed E-state index contributed by atoms with van der Waals surface area (Å²) in [6.45, 7) is 8.58. The van der Waals surface area contributed by atoms with Gasteiger partial charge in [0.15, 0.2) is 0 Å². The lowest BCUT2D eigenvalue weighted by molar-refractivity contribution is 0.0925. The van der Waals surface area contributed by atoms with Gasteiger partial charge in [0.1, 0.15) is 0 Å². The quantitative estimate of drug-likeness (QED) is 0.852. The highest BCUT2D eigenvalue weighted by molar-refractivity contribution is 5.96. The Balaban J connectivity index is 2.20. The van der Waals surface area contributed by atoms with E-state index in [0.717, 1.165) is 24.0 Å². The molecule has 0 unspecified atom stereocenters. The predicted molar refractivity (Wildman–Crippen MR) is 84.2 cm³/mol. The van der Waals surface area contributed by atoms with E-state index < -0.39 is 0 Å². The van der Waals surface area contributed by atoms with Crippen LogP contribution in [-0.2, 0) is 5.41 Å². The van der Waals surface area contributed by atoms with Gasteiger partial charge in [-0.25, -0.2) is 0 Å². The van der Waals surface area contributed by atoms with Gasteiger partial charge in [-0.3, -0.25) is 4.79 Å². The van der Waals surface area contributed by atoms with Gasteiger partial charge in [0, 0.05) is 11.6 Å². The Morgan fingerprint density at radius 3 is 2.40 bits per heavy atom. The molecule has 2 nitrogen and oxygen atoms in total. The smallest absolute Gasteiger partial charge is 0.251 e. The summed E-state index contributed by atoms with van der Waals surface area (Å²) < 4.78 is 0. The lowest BCUT2D eigenvalue weighted by Gasteiger charge is -2.26. The maximum absolute atomic E-state index is 12.6. The molecule has 1 aromatic rings. The Bertz CT molecular complexity index is 479. The third-order valence-electron chi connectivity index (χ3n) is 4.17. The van der Waals surface area contributed by atoms with E-state index in [0.29, 0.717) is 6.04 Å². The van der Waals surface area contributed by atoms with Gasteiger partial charge in [0.25, 0.3) is 5.91 Å². The van der Waals surface area contributed by atoms with Crippen molar-refractivity contribution in [3.63, 3.8) is 0 Å². The lowest BCUT2D eigenvalue weighted by atomic mass is 9.82. The van der Waals surface area contributed by atoms with Crippen LogP contribution in [0.4, 0.5) is 0 Å². The molecule has 1 aromatic carbocycles. The molecule has 1 aliphatic rings. The molecule has 110 valence electrons. The zero-order chi connectivity index (χ0) is 14.8. The van der Waals surface area contributed by atoms with Crippen LogP contribution in [-0.4, -0.2) is 11.9 Å². The maximum atomic E-state index is 12.6. The minimum Gasteiger partial charge on any atom is -0.349 e. The van der Waals surface area contributed by atoms with E-state index in [4.69, 9.17) is 0 Å². The number of amides is 1. The number of hydrogen-bond donors (Lipinski definition) is 1. The van der Waals surface area contributed by atoms with Crippen LogP contribution in [0.25, 0.3) is 0 Å². The Morgan fingerprint density at radius 1 is 1.15 bits per heavy atom. The van der Waals surface area contributed by atoms with Crippen molar-refractivity contribution in [2.75, 3.05) is 0 Å². The largest absolute Gasteiger partial charge is 0.349 e. The molecule has 1 amide bonds. The number of aryl methyl sites for hydroxylation is 1. The van der Waals surface area contributed by atoms with Gasteiger partial charge in [0.2, 0.25) is 0 Å². The Morgan fingerprint density at radius 2 is 1.80 bits per heavy atom. The van der Waals surface area contributed by atoms with Gasteiger partial charge in [-0.1, -0.05) is 57.7 Å². The van der Waals surface area contributed by atoms with E-state index in [1.165, 1.54) is 24.8 Å². The van der Waals surface area contributed by atoms with Crippen molar-refractivity contribution < 1.29 is 4.79 Å². The predicted octanol–water partition coefficient (Wildman–Crippen LogP) is 4.36. The number of hydrogen-bond acceptors (Lipinski definition) is 1. The zero-order valence-corrected chi connectivity index (χ0v) is 13.3. The standard InChI is InChI=1S/C18H27NO/c1-13-10-11-15(16(12-13)18(2,3)4)17(20)19-14-8-6-5-7-9-14/h10-12,14H,5-9H2,1-4H3,(H,19,20). The van der Waals surface area contributed by atoms with Gasteiger partial charge in [0.05, 0.1) is 0 Å².